The van der Waals surface area contributed by atoms with Crippen molar-refractivity contribution in [2.24, 2.45) is 0 Å². The van der Waals surface area contributed by atoms with Crippen LogP contribution in [0.2, 0.25) is 0 Å². The highest BCUT2D eigenvalue weighted by Gasteiger charge is 2.59. The van der Waals surface area contributed by atoms with E-state index in [-0.39, 0.29) is 28.6 Å². The summed E-state index contributed by atoms with van der Waals surface area (Å²) in [6.07, 6.45) is 9.86. The van der Waals surface area contributed by atoms with Crippen molar-refractivity contribution < 1.29 is 0 Å². The predicted molar refractivity (Wildman–Crippen MR) is 271 cm³/mol. The number of rotatable bonds is 4. The third-order valence-corrected chi connectivity index (χ3v) is 17.8. The summed E-state index contributed by atoms with van der Waals surface area (Å²) >= 11 is 0. The summed E-state index contributed by atoms with van der Waals surface area (Å²) in [7, 11) is 0. The summed E-state index contributed by atoms with van der Waals surface area (Å²) in [6.45, 7) is 12.5. The number of nitrogens with zero attached hydrogens (tertiary/aromatic N) is 4. The van der Waals surface area contributed by atoms with Crippen molar-refractivity contribution in [1.82, 2.24) is 0 Å². The minimum absolute atomic E-state index is 0.0274. The van der Waals surface area contributed by atoms with E-state index in [1.807, 2.05) is 0 Å². The molecule has 6 aliphatic rings. The summed E-state index contributed by atoms with van der Waals surface area (Å²) < 4.78 is 0. The molecule has 7 aromatic rings. The molecule has 0 radical (unpaired) electrons. The zero-order valence-electron chi connectivity index (χ0n) is 38.0. The quantitative estimate of drug-likeness (QED) is 0.164. The molecule has 4 aliphatic heterocycles. The molecule has 64 heavy (non-hydrogen) atoms. The SMILES string of the molecule is Cc1cc2c3c(c1)N(c1ccccc1)c1cc(N4c5ccccc5C5(C)CCCCC45C)ccc1B3c1ccc(N3c4ccccc4C4(C)CCCCC34C)cc1N2c1ccccc1. The molecule has 5 heteroatoms. The molecule has 2 fully saturated rings. The molecule has 7 aromatic carbocycles. The molecule has 4 unspecified atom stereocenters. The van der Waals surface area contributed by atoms with Crippen LogP contribution in [0.1, 0.15) is 95.8 Å². The third-order valence-electron chi connectivity index (χ3n) is 17.8. The lowest BCUT2D eigenvalue weighted by molar-refractivity contribution is 0.195. The fourth-order valence-corrected chi connectivity index (χ4v) is 14.3. The molecule has 0 aromatic heterocycles. The average molecular weight is 833 g/mol. The van der Waals surface area contributed by atoms with Crippen LogP contribution in [0.15, 0.2) is 158 Å². The summed E-state index contributed by atoms with van der Waals surface area (Å²) in [5.41, 5.74) is 21.2. The zero-order valence-corrected chi connectivity index (χ0v) is 38.0. The normalized spacial score (nSPS) is 25.8. The Morgan fingerprint density at radius 1 is 0.391 bits per heavy atom. The molecule has 4 atom stereocenters. The lowest BCUT2D eigenvalue weighted by Crippen LogP contribution is -2.61. The van der Waals surface area contributed by atoms with Crippen LogP contribution >= 0.6 is 0 Å². The van der Waals surface area contributed by atoms with Crippen LogP contribution in [-0.4, -0.2) is 17.8 Å². The zero-order chi connectivity index (χ0) is 43.2. The van der Waals surface area contributed by atoms with Crippen LogP contribution in [-0.2, 0) is 10.8 Å². The Bertz CT molecular complexity index is 2840. The van der Waals surface area contributed by atoms with Crippen molar-refractivity contribution in [3.63, 3.8) is 0 Å². The molecular formula is C59H57BN4. The van der Waals surface area contributed by atoms with Gasteiger partial charge in [0.15, 0.2) is 0 Å². The van der Waals surface area contributed by atoms with Crippen molar-refractivity contribution >= 4 is 80.0 Å². The summed E-state index contributed by atoms with van der Waals surface area (Å²) in [5.74, 6) is 0. The molecule has 0 saturated heterocycles. The Balaban J connectivity index is 1.06. The van der Waals surface area contributed by atoms with Gasteiger partial charge in [-0.05, 0) is 152 Å². The van der Waals surface area contributed by atoms with Crippen LogP contribution < -0.4 is 36.0 Å². The third kappa shape index (κ3) is 4.86. The Kier molecular flexibility index (Phi) is 8.03. The highest BCUT2D eigenvalue weighted by molar-refractivity contribution is 7.00. The first kappa shape index (κ1) is 38.3. The smallest absolute Gasteiger partial charge is 0.252 e. The van der Waals surface area contributed by atoms with Crippen LogP contribution in [0.25, 0.3) is 0 Å². The number of hydrogen-bond acceptors (Lipinski definition) is 4. The summed E-state index contributed by atoms with van der Waals surface area (Å²) in [4.78, 5) is 10.7. The highest BCUT2D eigenvalue weighted by Crippen LogP contribution is 2.63. The highest BCUT2D eigenvalue weighted by atomic mass is 15.3. The van der Waals surface area contributed by atoms with E-state index in [1.54, 1.807) is 0 Å². The maximum Gasteiger partial charge on any atom is 0.252 e. The van der Waals surface area contributed by atoms with Gasteiger partial charge in [0, 0.05) is 67.7 Å². The standard InChI is InChI=1S/C59H57BN4/c1-40-36-53-55-54(37-40)62(42-22-10-7-11-23-42)52-39-44(64-50-27-15-13-25-46(50)57(3)33-17-19-35-59(57,64)5)29-31-48(52)60(55)47-30-28-43(38-51(47)61(53)41-20-8-6-9-21-41)63-49-26-14-12-24-45(49)56(2)32-16-18-34-58(56,63)4/h6-15,20-31,36-39H,16-19,32-35H2,1-5H3. The van der Waals surface area contributed by atoms with Crippen molar-refractivity contribution in [3.05, 3.63) is 174 Å². The first-order valence-electron chi connectivity index (χ1n) is 24.1. The Hall–Kier alpha value is -6.20. The van der Waals surface area contributed by atoms with Gasteiger partial charge in [-0.25, -0.2) is 0 Å². The molecule has 2 saturated carbocycles. The first-order chi connectivity index (χ1) is 31.1. The van der Waals surface area contributed by atoms with Crippen molar-refractivity contribution in [3.8, 4) is 0 Å². The van der Waals surface area contributed by atoms with Gasteiger partial charge in [-0.1, -0.05) is 124 Å². The van der Waals surface area contributed by atoms with Gasteiger partial charge in [0.2, 0.25) is 0 Å². The number of para-hydroxylation sites is 4. The number of benzene rings is 7. The fraction of sp³-hybridized carbons (Fsp3) is 0.288. The van der Waals surface area contributed by atoms with E-state index in [4.69, 9.17) is 0 Å². The van der Waals surface area contributed by atoms with Gasteiger partial charge < -0.3 is 19.6 Å². The minimum atomic E-state index is -0.0274. The first-order valence-corrected chi connectivity index (χ1v) is 24.1. The summed E-state index contributed by atoms with van der Waals surface area (Å²) in [6, 6.07) is 60.8. The van der Waals surface area contributed by atoms with Crippen molar-refractivity contribution in [1.29, 1.82) is 0 Å². The Labute approximate surface area is 380 Å². The maximum absolute atomic E-state index is 2.74. The second-order valence-electron chi connectivity index (χ2n) is 20.8. The molecule has 4 heterocycles. The monoisotopic (exact) mass is 832 g/mol. The summed E-state index contributed by atoms with van der Waals surface area (Å²) in [5, 5.41) is 0. The van der Waals surface area contributed by atoms with E-state index < -0.39 is 0 Å². The van der Waals surface area contributed by atoms with Gasteiger partial charge in [-0.15, -0.1) is 0 Å². The number of aryl methyl sites for hydroxylation is 1. The number of hydrogen-bond donors (Lipinski definition) is 0. The van der Waals surface area contributed by atoms with Gasteiger partial charge in [-0.3, -0.25) is 0 Å². The van der Waals surface area contributed by atoms with Crippen LogP contribution in [0.3, 0.4) is 0 Å². The predicted octanol–water partition coefficient (Wildman–Crippen LogP) is 13.6. The Morgan fingerprint density at radius 2 is 0.797 bits per heavy atom. The van der Waals surface area contributed by atoms with Gasteiger partial charge in [0.05, 0.1) is 11.1 Å². The number of anilines is 10. The molecule has 0 amide bonds. The van der Waals surface area contributed by atoms with Crippen LogP contribution in [0.4, 0.5) is 56.9 Å². The molecular weight excluding hydrogens is 775 g/mol. The maximum atomic E-state index is 2.74. The minimum Gasteiger partial charge on any atom is -0.334 e. The molecule has 316 valence electrons. The van der Waals surface area contributed by atoms with Crippen LogP contribution in [0, 0.1) is 6.92 Å². The van der Waals surface area contributed by atoms with Gasteiger partial charge in [0.1, 0.15) is 0 Å². The van der Waals surface area contributed by atoms with E-state index in [0.29, 0.717) is 0 Å². The van der Waals surface area contributed by atoms with Crippen molar-refractivity contribution in [2.75, 3.05) is 19.6 Å². The molecule has 0 spiro atoms. The average Bonchev–Trinajstić information content (AvgIpc) is 3.66. The van der Waals surface area contributed by atoms with Gasteiger partial charge in [-0.2, -0.15) is 0 Å². The van der Waals surface area contributed by atoms with Crippen molar-refractivity contribution in [2.45, 2.75) is 108 Å². The Morgan fingerprint density at radius 3 is 1.25 bits per heavy atom. The molecule has 0 N–H and O–H groups in total. The van der Waals surface area contributed by atoms with E-state index in [9.17, 15) is 0 Å². The second kappa shape index (κ2) is 13.4. The molecule has 0 bridgehead atoms. The molecule has 4 nitrogen and oxygen atoms in total. The fourth-order valence-electron chi connectivity index (χ4n) is 14.3. The van der Waals surface area contributed by atoms with E-state index in [0.717, 1.165) is 0 Å². The lowest BCUT2D eigenvalue weighted by atomic mass is 9.33. The number of fused-ring (bicyclic) bond motifs is 10. The van der Waals surface area contributed by atoms with Gasteiger partial charge >= 0.3 is 0 Å². The van der Waals surface area contributed by atoms with Gasteiger partial charge in [0.25, 0.3) is 6.71 Å². The lowest BCUT2D eigenvalue weighted by Gasteiger charge is -2.51. The largest absolute Gasteiger partial charge is 0.334 e. The van der Waals surface area contributed by atoms with E-state index in [2.05, 4.69) is 212 Å². The van der Waals surface area contributed by atoms with E-state index in [1.165, 1.54) is 141 Å². The van der Waals surface area contributed by atoms with Crippen LogP contribution in [0.5, 0.6) is 0 Å². The molecule has 13 rings (SSSR count). The van der Waals surface area contributed by atoms with E-state index >= 15 is 0 Å². The topological polar surface area (TPSA) is 13.0 Å². The molecule has 2 aliphatic carbocycles. The second-order valence-corrected chi connectivity index (χ2v) is 20.8.